The highest BCUT2D eigenvalue weighted by molar-refractivity contribution is 5.90. The van der Waals surface area contributed by atoms with Gasteiger partial charge in [0.05, 0.1) is 22.4 Å². The highest BCUT2D eigenvalue weighted by atomic mass is 16.1. The first-order valence-electron chi connectivity index (χ1n) is 11.0. The Balaban J connectivity index is 1.77. The van der Waals surface area contributed by atoms with Gasteiger partial charge < -0.3 is 15.2 Å². The minimum atomic E-state index is 0.00734. The Bertz CT molecular complexity index is 995. The van der Waals surface area contributed by atoms with Crippen LogP contribution in [0.25, 0.3) is 11.0 Å². The molecule has 2 aromatic carbocycles. The number of hydrogen-bond acceptors (Lipinski definition) is 3. The zero-order chi connectivity index (χ0) is 20.2. The van der Waals surface area contributed by atoms with Crippen molar-refractivity contribution in [3.8, 4) is 0 Å². The number of hydrogen-bond donors (Lipinski definition) is 2. The number of nitrogens with zero attached hydrogens (tertiary/aromatic N) is 2. The smallest absolute Gasteiger partial charge is 0.326 e. The van der Waals surface area contributed by atoms with Gasteiger partial charge in [0.2, 0.25) is 0 Å². The maximum atomic E-state index is 12.8. The highest BCUT2D eigenvalue weighted by Gasteiger charge is 2.19. The van der Waals surface area contributed by atoms with Crippen LogP contribution in [0.4, 0.5) is 17.1 Å². The Morgan fingerprint density at radius 1 is 1.07 bits per heavy atom. The lowest BCUT2D eigenvalue weighted by Gasteiger charge is -2.25. The largest absolute Gasteiger partial charge is 0.370 e. The number of H-pyrrole nitrogens is 1. The predicted octanol–water partition coefficient (Wildman–Crippen LogP) is 5.50. The van der Waals surface area contributed by atoms with Gasteiger partial charge in [-0.15, -0.1) is 0 Å². The van der Waals surface area contributed by atoms with Crippen LogP contribution in [0.1, 0.15) is 46.0 Å². The number of benzene rings is 2. The lowest BCUT2D eigenvalue weighted by atomic mass is 9.89. The number of rotatable bonds is 7. The average molecular weight is 393 g/mol. The van der Waals surface area contributed by atoms with Crippen LogP contribution in [0, 0.1) is 5.92 Å². The third-order valence-electron chi connectivity index (χ3n) is 6.21. The van der Waals surface area contributed by atoms with Crippen LogP contribution in [-0.4, -0.2) is 22.6 Å². The summed E-state index contributed by atoms with van der Waals surface area (Å²) in [4.78, 5) is 18.2. The summed E-state index contributed by atoms with van der Waals surface area (Å²) in [5.74, 6) is 0.611. The first kappa shape index (κ1) is 19.6. The molecular weight excluding hydrogens is 360 g/mol. The van der Waals surface area contributed by atoms with Gasteiger partial charge in [0, 0.05) is 25.3 Å². The molecule has 1 saturated carbocycles. The fraction of sp³-hybridized carbons (Fsp3) is 0.458. The van der Waals surface area contributed by atoms with Crippen molar-refractivity contribution in [1.82, 2.24) is 9.55 Å². The van der Waals surface area contributed by atoms with Crippen molar-refractivity contribution in [2.24, 2.45) is 5.92 Å². The number of anilines is 3. The maximum Gasteiger partial charge on any atom is 0.326 e. The van der Waals surface area contributed by atoms with Crippen LogP contribution in [0.5, 0.6) is 0 Å². The van der Waals surface area contributed by atoms with E-state index in [4.69, 9.17) is 0 Å². The quantitative estimate of drug-likeness (QED) is 0.558. The molecule has 5 heteroatoms. The van der Waals surface area contributed by atoms with Crippen molar-refractivity contribution in [1.29, 1.82) is 0 Å². The van der Waals surface area contributed by atoms with E-state index in [2.05, 4.69) is 53.3 Å². The second-order valence-electron chi connectivity index (χ2n) is 8.09. The van der Waals surface area contributed by atoms with E-state index in [0.717, 1.165) is 47.7 Å². The Hall–Kier alpha value is -2.69. The van der Waals surface area contributed by atoms with E-state index in [1.165, 1.54) is 32.1 Å². The molecule has 0 saturated heterocycles. The van der Waals surface area contributed by atoms with Gasteiger partial charge in [-0.25, -0.2) is 4.79 Å². The Kier molecular flexibility index (Phi) is 5.93. The van der Waals surface area contributed by atoms with E-state index in [1.807, 2.05) is 22.8 Å². The zero-order valence-corrected chi connectivity index (χ0v) is 17.6. The summed E-state index contributed by atoms with van der Waals surface area (Å²) < 4.78 is 1.96. The van der Waals surface area contributed by atoms with E-state index in [9.17, 15) is 4.79 Å². The molecule has 3 aromatic rings. The normalized spacial score (nSPS) is 15.0. The first-order chi connectivity index (χ1) is 14.2. The van der Waals surface area contributed by atoms with Crippen LogP contribution in [0.15, 0.2) is 47.3 Å². The van der Waals surface area contributed by atoms with E-state index < -0.39 is 0 Å². The summed E-state index contributed by atoms with van der Waals surface area (Å²) in [5, 5.41) is 3.55. The molecule has 2 N–H and O–H groups in total. The number of aromatic amines is 1. The summed E-state index contributed by atoms with van der Waals surface area (Å²) in [7, 11) is 0. The summed E-state index contributed by atoms with van der Waals surface area (Å²) in [6, 6.07) is 14.5. The third kappa shape index (κ3) is 4.19. The standard InChI is InChI=1S/C24H32N4O/c1-3-27(4-2)22-16-23-21(15-20(22)25-19-13-9-6-10-14-19)26-24(29)28(23)17-18-11-7-5-8-12-18/h6,9-10,13-16,18,25H,3-5,7-8,11-12,17H2,1-2H3,(H,26,29). The van der Waals surface area contributed by atoms with E-state index in [0.29, 0.717) is 5.92 Å². The lowest BCUT2D eigenvalue weighted by Crippen LogP contribution is -2.24. The molecule has 1 aliphatic carbocycles. The average Bonchev–Trinajstić information content (AvgIpc) is 3.05. The minimum Gasteiger partial charge on any atom is -0.370 e. The van der Waals surface area contributed by atoms with Crippen LogP contribution >= 0.6 is 0 Å². The SMILES string of the molecule is CCN(CC)c1cc2c(cc1Nc1ccccc1)[nH]c(=O)n2CC1CCCCC1. The Labute approximate surface area is 172 Å². The topological polar surface area (TPSA) is 53.1 Å². The molecule has 0 amide bonds. The number of imidazole rings is 1. The second-order valence-corrected chi connectivity index (χ2v) is 8.09. The molecule has 0 spiro atoms. The lowest BCUT2D eigenvalue weighted by molar-refractivity contribution is 0.319. The van der Waals surface area contributed by atoms with Crippen molar-refractivity contribution in [2.75, 3.05) is 23.3 Å². The minimum absolute atomic E-state index is 0.00734. The Morgan fingerprint density at radius 3 is 2.48 bits per heavy atom. The van der Waals surface area contributed by atoms with Gasteiger partial charge in [0.1, 0.15) is 0 Å². The Morgan fingerprint density at radius 2 is 1.79 bits per heavy atom. The molecule has 0 atom stereocenters. The first-order valence-corrected chi connectivity index (χ1v) is 11.0. The van der Waals surface area contributed by atoms with Crippen LogP contribution < -0.4 is 15.9 Å². The molecule has 0 unspecified atom stereocenters. The number of fused-ring (bicyclic) bond motifs is 1. The van der Waals surface area contributed by atoms with Gasteiger partial charge in [-0.1, -0.05) is 37.5 Å². The van der Waals surface area contributed by atoms with Gasteiger partial charge in [0.25, 0.3) is 0 Å². The number of nitrogens with one attached hydrogen (secondary N) is 2. The van der Waals surface area contributed by atoms with E-state index in [-0.39, 0.29) is 5.69 Å². The molecule has 4 rings (SSSR count). The molecule has 5 nitrogen and oxygen atoms in total. The van der Waals surface area contributed by atoms with Crippen LogP contribution in [0.2, 0.25) is 0 Å². The maximum absolute atomic E-state index is 12.8. The second kappa shape index (κ2) is 8.76. The van der Waals surface area contributed by atoms with Crippen molar-refractivity contribution in [3.63, 3.8) is 0 Å². The summed E-state index contributed by atoms with van der Waals surface area (Å²) in [5.41, 5.74) is 5.14. The summed E-state index contributed by atoms with van der Waals surface area (Å²) >= 11 is 0. The summed E-state index contributed by atoms with van der Waals surface area (Å²) in [6.07, 6.45) is 6.38. The summed E-state index contributed by atoms with van der Waals surface area (Å²) in [6.45, 7) is 7.01. The molecule has 0 aliphatic heterocycles. The van der Waals surface area contributed by atoms with Crippen LogP contribution in [-0.2, 0) is 6.54 Å². The molecular formula is C24H32N4O. The van der Waals surface area contributed by atoms with Gasteiger partial charge in [0.15, 0.2) is 0 Å². The molecule has 1 aliphatic rings. The number of para-hydroxylation sites is 1. The fourth-order valence-corrected chi connectivity index (χ4v) is 4.60. The molecule has 1 fully saturated rings. The molecule has 0 radical (unpaired) electrons. The van der Waals surface area contributed by atoms with E-state index in [1.54, 1.807) is 0 Å². The monoisotopic (exact) mass is 392 g/mol. The molecule has 29 heavy (non-hydrogen) atoms. The molecule has 1 aromatic heterocycles. The van der Waals surface area contributed by atoms with Gasteiger partial charge >= 0.3 is 5.69 Å². The predicted molar refractivity (Wildman–Crippen MR) is 122 cm³/mol. The number of aromatic nitrogens is 2. The van der Waals surface area contributed by atoms with E-state index >= 15 is 0 Å². The molecule has 154 valence electrons. The van der Waals surface area contributed by atoms with Crippen molar-refractivity contribution >= 4 is 28.1 Å². The van der Waals surface area contributed by atoms with Gasteiger partial charge in [-0.05, 0) is 56.9 Å². The highest BCUT2D eigenvalue weighted by Crippen LogP contribution is 2.33. The van der Waals surface area contributed by atoms with Crippen molar-refractivity contribution in [2.45, 2.75) is 52.5 Å². The van der Waals surface area contributed by atoms with Crippen molar-refractivity contribution < 1.29 is 0 Å². The molecule has 0 bridgehead atoms. The third-order valence-corrected chi connectivity index (χ3v) is 6.21. The van der Waals surface area contributed by atoms with Gasteiger partial charge in [-0.2, -0.15) is 0 Å². The zero-order valence-electron chi connectivity index (χ0n) is 17.6. The molecule has 1 heterocycles. The fourth-order valence-electron chi connectivity index (χ4n) is 4.60. The van der Waals surface area contributed by atoms with Gasteiger partial charge in [-0.3, -0.25) is 4.57 Å². The van der Waals surface area contributed by atoms with Crippen molar-refractivity contribution in [3.05, 3.63) is 52.9 Å². The van der Waals surface area contributed by atoms with Crippen LogP contribution in [0.3, 0.4) is 0 Å².